The van der Waals surface area contributed by atoms with Gasteiger partial charge in [0.05, 0.1) is 6.10 Å². The smallest absolute Gasteiger partial charge is 0.260 e. The van der Waals surface area contributed by atoms with E-state index in [0.29, 0.717) is 19.1 Å². The maximum absolute atomic E-state index is 12.4. The van der Waals surface area contributed by atoms with Gasteiger partial charge in [-0.25, -0.2) is 0 Å². The summed E-state index contributed by atoms with van der Waals surface area (Å²) in [5, 5.41) is 0. The van der Waals surface area contributed by atoms with Crippen LogP contribution in [0.1, 0.15) is 51.0 Å². The number of likely N-dealkylation sites (tertiary alicyclic amines) is 1. The zero-order chi connectivity index (χ0) is 18.1. The molecule has 0 saturated carbocycles. The average Bonchev–Trinajstić information content (AvgIpc) is 2.66. The van der Waals surface area contributed by atoms with Crippen molar-refractivity contribution in [3.05, 3.63) is 29.8 Å². The molecule has 1 amide bonds. The second-order valence-electron chi connectivity index (χ2n) is 6.73. The predicted octanol–water partition coefficient (Wildman–Crippen LogP) is 2.94. The fourth-order valence-electron chi connectivity index (χ4n) is 3.07. The zero-order valence-corrected chi connectivity index (χ0v) is 15.6. The first-order valence-electron chi connectivity index (χ1n) is 9.46. The number of nitrogens with two attached hydrogens (primary N) is 1. The van der Waals surface area contributed by atoms with Crippen molar-refractivity contribution in [1.29, 1.82) is 0 Å². The minimum atomic E-state index is 0.0550. The maximum Gasteiger partial charge on any atom is 0.260 e. The number of hydrogen-bond donors (Lipinski definition) is 1. The third-order valence-electron chi connectivity index (χ3n) is 4.91. The van der Waals surface area contributed by atoms with E-state index in [1.54, 1.807) is 0 Å². The number of benzene rings is 1. The third kappa shape index (κ3) is 6.01. The molecule has 1 heterocycles. The molecule has 1 atom stereocenters. The van der Waals surface area contributed by atoms with E-state index in [2.05, 4.69) is 19.9 Å². The molecule has 25 heavy (non-hydrogen) atoms. The third-order valence-corrected chi connectivity index (χ3v) is 4.91. The first-order valence-corrected chi connectivity index (χ1v) is 9.46. The lowest BCUT2D eigenvalue weighted by molar-refractivity contribution is -0.136. The highest BCUT2D eigenvalue weighted by Crippen LogP contribution is 2.28. The van der Waals surface area contributed by atoms with E-state index in [1.807, 2.05) is 23.1 Å². The maximum atomic E-state index is 12.4. The number of ether oxygens (including phenoxy) is 2. The van der Waals surface area contributed by atoms with E-state index in [4.69, 9.17) is 15.2 Å². The molecule has 0 radical (unpaired) electrons. The topological polar surface area (TPSA) is 64.8 Å². The van der Waals surface area contributed by atoms with Crippen LogP contribution in [0.4, 0.5) is 0 Å². The standard InChI is InChI=1S/C20H32N2O3/c1-3-16(2)18-7-4-5-8-19(18)25-15-20(23)22-12-9-17(10-13-22)24-14-6-11-21/h4-5,7-8,16-17H,3,6,9-15,21H2,1-2H3. The number of nitrogens with zero attached hydrogens (tertiary/aromatic N) is 1. The Hall–Kier alpha value is -1.59. The Balaban J connectivity index is 1.78. The van der Waals surface area contributed by atoms with Gasteiger partial charge in [0.15, 0.2) is 6.61 Å². The number of carbonyl (C=O) groups excluding carboxylic acids is 1. The molecule has 2 rings (SSSR count). The predicted molar refractivity (Wildman–Crippen MR) is 99.9 cm³/mol. The Kier molecular flexibility index (Phi) is 8.22. The van der Waals surface area contributed by atoms with Crippen molar-refractivity contribution in [3.63, 3.8) is 0 Å². The van der Waals surface area contributed by atoms with Crippen LogP contribution in [-0.2, 0) is 9.53 Å². The molecule has 1 aromatic carbocycles. The highest BCUT2D eigenvalue weighted by atomic mass is 16.5. The van der Waals surface area contributed by atoms with Crippen molar-refractivity contribution < 1.29 is 14.3 Å². The van der Waals surface area contributed by atoms with Crippen LogP contribution in [0.15, 0.2) is 24.3 Å². The van der Waals surface area contributed by atoms with Gasteiger partial charge < -0.3 is 20.1 Å². The Bertz CT molecular complexity index is 527. The van der Waals surface area contributed by atoms with Crippen LogP contribution in [0.25, 0.3) is 0 Å². The summed E-state index contributed by atoms with van der Waals surface area (Å²) in [5.74, 6) is 1.30. The van der Waals surface area contributed by atoms with Crippen LogP contribution in [0.2, 0.25) is 0 Å². The SMILES string of the molecule is CCC(C)c1ccccc1OCC(=O)N1CCC(OCCCN)CC1. The van der Waals surface area contributed by atoms with Gasteiger partial charge >= 0.3 is 0 Å². The van der Waals surface area contributed by atoms with Crippen LogP contribution < -0.4 is 10.5 Å². The minimum Gasteiger partial charge on any atom is -0.483 e. The number of piperidine rings is 1. The second-order valence-corrected chi connectivity index (χ2v) is 6.73. The molecular weight excluding hydrogens is 316 g/mol. The van der Waals surface area contributed by atoms with Crippen LogP contribution in [0.5, 0.6) is 5.75 Å². The molecule has 1 aliphatic rings. The first kappa shape index (κ1) is 19.7. The molecule has 1 aromatic rings. The molecule has 1 aliphatic heterocycles. The monoisotopic (exact) mass is 348 g/mol. The van der Waals surface area contributed by atoms with E-state index in [9.17, 15) is 4.79 Å². The van der Waals surface area contributed by atoms with Crippen molar-refractivity contribution in [2.24, 2.45) is 5.73 Å². The van der Waals surface area contributed by atoms with Gasteiger partial charge in [-0.3, -0.25) is 4.79 Å². The van der Waals surface area contributed by atoms with Gasteiger partial charge in [-0.2, -0.15) is 0 Å². The molecule has 0 aromatic heterocycles. The molecule has 5 heteroatoms. The van der Waals surface area contributed by atoms with Crippen LogP contribution >= 0.6 is 0 Å². The Morgan fingerprint density at radius 1 is 1.32 bits per heavy atom. The Morgan fingerprint density at radius 3 is 2.72 bits per heavy atom. The van der Waals surface area contributed by atoms with Crippen LogP contribution in [-0.4, -0.2) is 49.8 Å². The summed E-state index contributed by atoms with van der Waals surface area (Å²) in [4.78, 5) is 14.3. The van der Waals surface area contributed by atoms with Crippen molar-refractivity contribution >= 4 is 5.91 Å². The highest BCUT2D eigenvalue weighted by molar-refractivity contribution is 5.77. The fraction of sp³-hybridized carbons (Fsp3) is 0.650. The lowest BCUT2D eigenvalue weighted by atomic mass is 9.98. The van der Waals surface area contributed by atoms with Crippen molar-refractivity contribution in [2.75, 3.05) is 32.8 Å². The molecule has 1 unspecified atom stereocenters. The molecule has 140 valence electrons. The van der Waals surface area contributed by atoms with Gasteiger partial charge in [0, 0.05) is 19.7 Å². The first-order chi connectivity index (χ1) is 12.2. The number of rotatable bonds is 9. The normalized spacial score (nSPS) is 16.7. The summed E-state index contributed by atoms with van der Waals surface area (Å²) < 4.78 is 11.6. The summed E-state index contributed by atoms with van der Waals surface area (Å²) in [7, 11) is 0. The zero-order valence-electron chi connectivity index (χ0n) is 15.6. The average molecular weight is 348 g/mol. The molecule has 0 bridgehead atoms. The van der Waals surface area contributed by atoms with Crippen molar-refractivity contribution in [3.8, 4) is 5.75 Å². The quantitative estimate of drug-likeness (QED) is 0.697. The summed E-state index contributed by atoms with van der Waals surface area (Å²) in [6.07, 6.45) is 3.97. The molecule has 5 nitrogen and oxygen atoms in total. The van der Waals surface area contributed by atoms with Crippen molar-refractivity contribution in [1.82, 2.24) is 4.90 Å². The van der Waals surface area contributed by atoms with Gasteiger partial charge in [0.1, 0.15) is 5.75 Å². The molecule has 0 spiro atoms. The van der Waals surface area contributed by atoms with E-state index in [-0.39, 0.29) is 18.6 Å². The summed E-state index contributed by atoms with van der Waals surface area (Å²) in [6, 6.07) is 8.01. The van der Waals surface area contributed by atoms with E-state index < -0.39 is 0 Å². The Morgan fingerprint density at radius 2 is 2.04 bits per heavy atom. The number of hydrogen-bond acceptors (Lipinski definition) is 4. The van der Waals surface area contributed by atoms with Crippen molar-refractivity contribution in [2.45, 2.75) is 51.6 Å². The van der Waals surface area contributed by atoms with E-state index >= 15 is 0 Å². The largest absolute Gasteiger partial charge is 0.483 e. The molecule has 2 N–H and O–H groups in total. The second kappa shape index (κ2) is 10.4. The number of para-hydroxylation sites is 1. The Labute approximate surface area is 151 Å². The van der Waals surface area contributed by atoms with Gasteiger partial charge in [-0.05, 0) is 49.8 Å². The lowest BCUT2D eigenvalue weighted by Crippen LogP contribution is -2.43. The summed E-state index contributed by atoms with van der Waals surface area (Å²) in [6.45, 7) is 7.29. The highest BCUT2D eigenvalue weighted by Gasteiger charge is 2.23. The van der Waals surface area contributed by atoms with Gasteiger partial charge in [0.25, 0.3) is 5.91 Å². The summed E-state index contributed by atoms with van der Waals surface area (Å²) in [5.41, 5.74) is 6.65. The number of amides is 1. The lowest BCUT2D eigenvalue weighted by Gasteiger charge is -2.32. The van der Waals surface area contributed by atoms with Crippen LogP contribution in [0.3, 0.4) is 0 Å². The van der Waals surface area contributed by atoms with E-state index in [0.717, 1.165) is 44.5 Å². The molecule has 0 aliphatic carbocycles. The van der Waals surface area contributed by atoms with Crippen LogP contribution in [0, 0.1) is 0 Å². The van der Waals surface area contributed by atoms with Gasteiger partial charge in [-0.15, -0.1) is 0 Å². The summed E-state index contributed by atoms with van der Waals surface area (Å²) >= 11 is 0. The molecular formula is C20H32N2O3. The van der Waals surface area contributed by atoms with Gasteiger partial charge in [-0.1, -0.05) is 32.0 Å². The molecule has 1 fully saturated rings. The van der Waals surface area contributed by atoms with Gasteiger partial charge in [0.2, 0.25) is 0 Å². The molecule has 1 saturated heterocycles. The van der Waals surface area contributed by atoms with E-state index in [1.165, 1.54) is 5.56 Å². The fourth-order valence-corrected chi connectivity index (χ4v) is 3.07. The number of carbonyl (C=O) groups is 1. The minimum absolute atomic E-state index is 0.0550.